The predicted molar refractivity (Wildman–Crippen MR) is 67.9 cm³/mol. The Balaban J connectivity index is 0.00000108. The number of nitrogens with zero attached hydrogens (tertiary/aromatic N) is 1. The maximum atomic E-state index is 13.6. The van der Waals surface area contributed by atoms with E-state index in [9.17, 15) is 4.39 Å². The predicted octanol–water partition coefficient (Wildman–Crippen LogP) is 1.59. The van der Waals surface area contributed by atoms with Crippen molar-refractivity contribution in [3.05, 3.63) is 23.5 Å². The van der Waals surface area contributed by atoms with Crippen LogP contribution < -0.4 is 15.0 Å². The zero-order valence-electron chi connectivity index (χ0n) is 9.70. The molecular formula is C12H16ClFN2O. The molecule has 0 bridgehead atoms. The number of halogens is 2. The summed E-state index contributed by atoms with van der Waals surface area (Å²) < 4.78 is 18.6. The van der Waals surface area contributed by atoms with Gasteiger partial charge in [0.1, 0.15) is 0 Å². The molecule has 2 aliphatic rings. The number of hydrogen-bond donors (Lipinski definition) is 1. The van der Waals surface area contributed by atoms with Crippen molar-refractivity contribution in [2.45, 2.75) is 12.5 Å². The van der Waals surface area contributed by atoms with E-state index in [1.54, 1.807) is 6.07 Å². The number of rotatable bonds is 1. The lowest BCUT2D eigenvalue weighted by Gasteiger charge is -2.32. The zero-order chi connectivity index (χ0) is 11.1. The summed E-state index contributed by atoms with van der Waals surface area (Å²) in [6, 6.07) is 3.93. The van der Waals surface area contributed by atoms with Crippen molar-refractivity contribution in [2.24, 2.45) is 0 Å². The quantitative estimate of drug-likeness (QED) is 0.828. The monoisotopic (exact) mass is 258 g/mol. The van der Waals surface area contributed by atoms with Crippen molar-refractivity contribution in [1.29, 1.82) is 0 Å². The van der Waals surface area contributed by atoms with Gasteiger partial charge in [-0.2, -0.15) is 0 Å². The fourth-order valence-corrected chi connectivity index (χ4v) is 2.69. The molecule has 0 aromatic heterocycles. The molecule has 0 saturated carbocycles. The minimum absolute atomic E-state index is 0. The number of benzene rings is 1. The number of ether oxygens (including phenoxy) is 1. The van der Waals surface area contributed by atoms with E-state index in [1.165, 1.54) is 7.11 Å². The van der Waals surface area contributed by atoms with Crippen molar-refractivity contribution in [3.8, 4) is 5.75 Å². The van der Waals surface area contributed by atoms with Gasteiger partial charge in [-0.05, 0) is 18.1 Å². The van der Waals surface area contributed by atoms with Crippen molar-refractivity contribution in [2.75, 3.05) is 31.6 Å². The zero-order valence-corrected chi connectivity index (χ0v) is 10.5. The van der Waals surface area contributed by atoms with Crippen LogP contribution in [0.25, 0.3) is 0 Å². The van der Waals surface area contributed by atoms with Gasteiger partial charge in [0.15, 0.2) is 11.6 Å². The molecule has 1 fully saturated rings. The first-order chi connectivity index (χ1) is 7.79. The van der Waals surface area contributed by atoms with Gasteiger partial charge in [-0.15, -0.1) is 12.4 Å². The largest absolute Gasteiger partial charge is 0.494 e. The van der Waals surface area contributed by atoms with Crippen LogP contribution in [0, 0.1) is 5.82 Å². The van der Waals surface area contributed by atoms with Gasteiger partial charge in [0.25, 0.3) is 0 Å². The van der Waals surface area contributed by atoms with Gasteiger partial charge < -0.3 is 15.0 Å². The summed E-state index contributed by atoms with van der Waals surface area (Å²) in [6.45, 7) is 2.97. The maximum absolute atomic E-state index is 13.6. The third-order valence-electron chi connectivity index (χ3n) is 3.47. The Morgan fingerprint density at radius 2 is 2.29 bits per heavy atom. The number of nitrogens with one attached hydrogen (secondary N) is 1. The number of hydrogen-bond acceptors (Lipinski definition) is 3. The molecule has 1 aromatic rings. The number of fused-ring (bicyclic) bond motifs is 3. The molecule has 1 aromatic carbocycles. The van der Waals surface area contributed by atoms with Gasteiger partial charge in [-0.1, -0.05) is 0 Å². The fraction of sp³-hybridized carbons (Fsp3) is 0.500. The van der Waals surface area contributed by atoms with E-state index in [1.807, 2.05) is 6.07 Å². The van der Waals surface area contributed by atoms with Crippen LogP contribution in [0.4, 0.5) is 10.1 Å². The van der Waals surface area contributed by atoms with Crippen molar-refractivity contribution < 1.29 is 9.13 Å². The molecule has 1 atom stereocenters. The maximum Gasteiger partial charge on any atom is 0.165 e. The van der Waals surface area contributed by atoms with Crippen LogP contribution in [0.5, 0.6) is 5.75 Å². The van der Waals surface area contributed by atoms with Gasteiger partial charge in [0.05, 0.1) is 7.11 Å². The molecule has 1 saturated heterocycles. The molecule has 17 heavy (non-hydrogen) atoms. The Morgan fingerprint density at radius 1 is 1.47 bits per heavy atom. The van der Waals surface area contributed by atoms with Crippen LogP contribution in [0.2, 0.25) is 0 Å². The molecule has 2 heterocycles. The Bertz CT molecular complexity index is 427. The van der Waals surface area contributed by atoms with E-state index in [0.717, 1.165) is 37.3 Å². The molecule has 0 aliphatic carbocycles. The highest BCUT2D eigenvalue weighted by atomic mass is 35.5. The average molecular weight is 259 g/mol. The second-order valence-electron chi connectivity index (χ2n) is 4.37. The van der Waals surface area contributed by atoms with Crippen molar-refractivity contribution >= 4 is 18.1 Å². The third-order valence-corrected chi connectivity index (χ3v) is 3.47. The molecular weight excluding hydrogens is 243 g/mol. The van der Waals surface area contributed by atoms with Crippen LogP contribution in [0.3, 0.4) is 0 Å². The van der Waals surface area contributed by atoms with Gasteiger partial charge in [0, 0.05) is 37.4 Å². The van der Waals surface area contributed by atoms with Crippen molar-refractivity contribution in [1.82, 2.24) is 5.32 Å². The lowest BCUT2D eigenvalue weighted by Crippen LogP contribution is -2.49. The van der Waals surface area contributed by atoms with Gasteiger partial charge in [-0.3, -0.25) is 0 Å². The summed E-state index contributed by atoms with van der Waals surface area (Å²) in [7, 11) is 1.51. The van der Waals surface area contributed by atoms with Crippen LogP contribution in [-0.4, -0.2) is 32.8 Å². The molecule has 0 spiro atoms. The molecule has 94 valence electrons. The van der Waals surface area contributed by atoms with E-state index in [2.05, 4.69) is 10.2 Å². The normalized spacial score (nSPS) is 21.5. The minimum Gasteiger partial charge on any atom is -0.494 e. The topological polar surface area (TPSA) is 24.5 Å². The second kappa shape index (κ2) is 4.70. The molecule has 1 unspecified atom stereocenters. The highest BCUT2D eigenvalue weighted by molar-refractivity contribution is 5.85. The highest BCUT2D eigenvalue weighted by Gasteiger charge is 2.32. The van der Waals surface area contributed by atoms with Gasteiger partial charge >= 0.3 is 0 Å². The SMILES string of the molecule is COc1cc2c(cc1F)CC1CNCCN21.Cl. The molecule has 3 rings (SSSR count). The molecule has 0 radical (unpaired) electrons. The van der Waals surface area contributed by atoms with Crippen LogP contribution in [0.15, 0.2) is 12.1 Å². The Kier molecular flexibility index (Phi) is 3.45. The lowest BCUT2D eigenvalue weighted by atomic mass is 10.1. The van der Waals surface area contributed by atoms with Crippen LogP contribution in [-0.2, 0) is 6.42 Å². The Hall–Kier alpha value is -1.00. The third kappa shape index (κ3) is 1.96. The highest BCUT2D eigenvalue weighted by Crippen LogP contribution is 2.37. The van der Waals surface area contributed by atoms with Crippen LogP contribution in [0.1, 0.15) is 5.56 Å². The molecule has 5 heteroatoms. The molecule has 1 N–H and O–H groups in total. The number of anilines is 1. The summed E-state index contributed by atoms with van der Waals surface area (Å²) in [5.74, 6) is 0.0898. The minimum atomic E-state index is -0.256. The van der Waals surface area contributed by atoms with E-state index in [0.29, 0.717) is 11.8 Å². The molecule has 0 amide bonds. The van der Waals surface area contributed by atoms with Gasteiger partial charge in [-0.25, -0.2) is 4.39 Å². The summed E-state index contributed by atoms with van der Waals surface area (Å²) in [6.07, 6.45) is 0.934. The number of methoxy groups -OCH3 is 1. The molecule has 3 nitrogen and oxygen atoms in total. The van der Waals surface area contributed by atoms with Gasteiger partial charge in [0.2, 0.25) is 0 Å². The van der Waals surface area contributed by atoms with E-state index >= 15 is 0 Å². The summed E-state index contributed by atoms with van der Waals surface area (Å²) in [5, 5.41) is 3.37. The second-order valence-corrected chi connectivity index (χ2v) is 4.37. The van der Waals surface area contributed by atoms with E-state index in [-0.39, 0.29) is 18.2 Å². The Morgan fingerprint density at radius 3 is 3.06 bits per heavy atom. The van der Waals surface area contributed by atoms with Crippen molar-refractivity contribution in [3.63, 3.8) is 0 Å². The van der Waals surface area contributed by atoms with Crippen LogP contribution >= 0.6 is 12.4 Å². The molecule has 2 aliphatic heterocycles. The number of piperazine rings is 1. The average Bonchev–Trinajstić information content (AvgIpc) is 2.65. The summed E-state index contributed by atoms with van der Waals surface area (Å²) in [5.41, 5.74) is 2.25. The van der Waals surface area contributed by atoms with E-state index < -0.39 is 0 Å². The summed E-state index contributed by atoms with van der Waals surface area (Å²) in [4.78, 5) is 2.35. The van der Waals surface area contributed by atoms with E-state index in [4.69, 9.17) is 4.74 Å². The first-order valence-corrected chi connectivity index (χ1v) is 5.63. The standard InChI is InChI=1S/C12H15FN2O.ClH/c1-16-12-6-11-8(5-10(12)13)4-9-7-14-2-3-15(9)11;/h5-6,9,14H,2-4,7H2,1H3;1H. The lowest BCUT2D eigenvalue weighted by molar-refractivity contribution is 0.386. The first kappa shape index (κ1) is 12.5. The fourth-order valence-electron chi connectivity index (χ4n) is 2.69. The first-order valence-electron chi connectivity index (χ1n) is 5.63. The summed E-state index contributed by atoms with van der Waals surface area (Å²) >= 11 is 0. The Labute approximate surface area is 106 Å². The smallest absolute Gasteiger partial charge is 0.165 e.